The van der Waals surface area contributed by atoms with E-state index in [-0.39, 0.29) is 18.7 Å². The Hall–Kier alpha value is -4.47. The molecule has 0 radical (unpaired) electrons. The van der Waals surface area contributed by atoms with Crippen molar-refractivity contribution in [3.8, 4) is 11.5 Å². The van der Waals surface area contributed by atoms with E-state index in [4.69, 9.17) is 9.47 Å². The number of methoxy groups -OCH3 is 2. The van der Waals surface area contributed by atoms with Crippen LogP contribution in [0.2, 0.25) is 0 Å². The van der Waals surface area contributed by atoms with Crippen LogP contribution in [0.1, 0.15) is 12.0 Å². The molecular weight excluding hydrogens is 472 g/mol. The van der Waals surface area contributed by atoms with E-state index < -0.39 is 35.5 Å². The number of hydrogen-bond acceptors (Lipinski definition) is 5. The van der Waals surface area contributed by atoms with Crippen LogP contribution in [0.15, 0.2) is 66.7 Å². The number of imide groups is 1. The SMILES string of the molecule is COc1ccc(CN2C(=O)N(c3ccc(F)cc3)C(=O)[C@H]2CC(=O)Nc2ccc(F)cc2)cc1OC. The molecule has 1 atom stereocenters. The molecule has 1 saturated heterocycles. The Bertz CT molecular complexity index is 1280. The molecule has 0 unspecified atom stereocenters. The van der Waals surface area contributed by atoms with E-state index in [0.717, 1.165) is 17.0 Å². The second-order valence-corrected chi connectivity index (χ2v) is 8.02. The number of hydrogen-bond donors (Lipinski definition) is 1. The fourth-order valence-corrected chi connectivity index (χ4v) is 3.94. The highest BCUT2D eigenvalue weighted by Gasteiger charge is 2.46. The molecule has 3 aromatic carbocycles. The van der Waals surface area contributed by atoms with Gasteiger partial charge in [-0.3, -0.25) is 9.59 Å². The molecule has 3 aromatic rings. The summed E-state index contributed by atoms with van der Waals surface area (Å²) in [6.07, 6.45) is -0.340. The zero-order valence-corrected chi connectivity index (χ0v) is 19.5. The van der Waals surface area contributed by atoms with E-state index >= 15 is 0 Å². The molecule has 0 spiro atoms. The van der Waals surface area contributed by atoms with Crippen LogP contribution in [0.3, 0.4) is 0 Å². The van der Waals surface area contributed by atoms with Crippen molar-refractivity contribution in [1.82, 2.24) is 4.90 Å². The number of carbonyl (C=O) groups excluding carboxylic acids is 3. The number of urea groups is 1. The van der Waals surface area contributed by atoms with Crippen molar-refractivity contribution < 1.29 is 32.6 Å². The van der Waals surface area contributed by atoms with E-state index in [1.54, 1.807) is 18.2 Å². The number of rotatable bonds is 8. The van der Waals surface area contributed by atoms with Crippen LogP contribution in [-0.4, -0.2) is 43.0 Å². The standard InChI is InChI=1S/C26H23F2N3O5/c1-35-22-12-3-16(13-23(22)36-2)15-30-21(14-24(32)29-19-8-4-17(27)5-9-19)25(33)31(26(30)34)20-10-6-18(28)7-11-20/h3-13,21H,14-15H2,1-2H3,(H,29,32)/t21-/m1/s1. The fourth-order valence-electron chi connectivity index (χ4n) is 3.94. The lowest BCUT2D eigenvalue weighted by atomic mass is 10.1. The molecule has 10 heteroatoms. The fraction of sp³-hybridized carbons (Fsp3) is 0.192. The predicted molar refractivity (Wildman–Crippen MR) is 128 cm³/mol. The van der Waals surface area contributed by atoms with Crippen molar-refractivity contribution in [2.75, 3.05) is 24.4 Å². The number of carbonyl (C=O) groups is 3. The number of benzene rings is 3. The summed E-state index contributed by atoms with van der Waals surface area (Å²) in [6, 6.07) is 13.4. The maximum Gasteiger partial charge on any atom is 0.332 e. The summed E-state index contributed by atoms with van der Waals surface area (Å²) >= 11 is 0. The van der Waals surface area contributed by atoms with Gasteiger partial charge >= 0.3 is 6.03 Å². The topological polar surface area (TPSA) is 88.2 Å². The highest BCUT2D eigenvalue weighted by atomic mass is 19.1. The average Bonchev–Trinajstić information content (AvgIpc) is 3.09. The monoisotopic (exact) mass is 495 g/mol. The van der Waals surface area contributed by atoms with Crippen LogP contribution in [0.5, 0.6) is 11.5 Å². The van der Waals surface area contributed by atoms with Crippen LogP contribution in [0.25, 0.3) is 0 Å². The third-order valence-corrected chi connectivity index (χ3v) is 5.71. The number of nitrogens with one attached hydrogen (secondary N) is 1. The minimum atomic E-state index is -1.13. The largest absolute Gasteiger partial charge is 0.493 e. The lowest BCUT2D eigenvalue weighted by Crippen LogP contribution is -2.37. The lowest BCUT2D eigenvalue weighted by Gasteiger charge is -2.22. The molecule has 186 valence electrons. The van der Waals surface area contributed by atoms with Crippen molar-refractivity contribution >= 4 is 29.2 Å². The van der Waals surface area contributed by atoms with Gasteiger partial charge in [-0.15, -0.1) is 0 Å². The maximum absolute atomic E-state index is 13.4. The molecule has 0 saturated carbocycles. The van der Waals surface area contributed by atoms with Gasteiger partial charge in [-0.1, -0.05) is 6.07 Å². The third-order valence-electron chi connectivity index (χ3n) is 5.71. The molecule has 1 aliphatic rings. The maximum atomic E-state index is 13.4. The summed E-state index contributed by atoms with van der Waals surface area (Å²) in [5.74, 6) is -1.20. The smallest absolute Gasteiger partial charge is 0.332 e. The van der Waals surface area contributed by atoms with Crippen LogP contribution >= 0.6 is 0 Å². The Morgan fingerprint density at radius 3 is 2.11 bits per heavy atom. The van der Waals surface area contributed by atoms with Crippen molar-refractivity contribution in [2.24, 2.45) is 0 Å². The lowest BCUT2D eigenvalue weighted by molar-refractivity contribution is -0.124. The summed E-state index contributed by atoms with van der Waals surface area (Å²) in [5, 5.41) is 2.61. The Morgan fingerprint density at radius 1 is 0.889 bits per heavy atom. The Balaban J connectivity index is 1.62. The van der Waals surface area contributed by atoms with Gasteiger partial charge < -0.3 is 19.7 Å². The third kappa shape index (κ3) is 5.12. The van der Waals surface area contributed by atoms with Gasteiger partial charge in [0.25, 0.3) is 5.91 Å². The second-order valence-electron chi connectivity index (χ2n) is 8.02. The highest BCUT2D eigenvalue weighted by Crippen LogP contribution is 2.32. The summed E-state index contributed by atoms with van der Waals surface area (Å²) < 4.78 is 37.2. The molecule has 0 bridgehead atoms. The number of amides is 4. The number of halogens is 2. The molecular formula is C26H23F2N3O5. The molecule has 4 amide bonds. The summed E-state index contributed by atoms with van der Waals surface area (Å²) in [4.78, 5) is 41.7. The van der Waals surface area contributed by atoms with Crippen LogP contribution in [0.4, 0.5) is 25.0 Å². The molecule has 0 aliphatic carbocycles. The molecule has 0 aromatic heterocycles. The first-order valence-corrected chi connectivity index (χ1v) is 11.0. The second kappa shape index (κ2) is 10.4. The Labute approximate surface area is 206 Å². The Kier molecular flexibility index (Phi) is 7.14. The minimum Gasteiger partial charge on any atom is -0.493 e. The van der Waals surface area contributed by atoms with Crippen LogP contribution < -0.4 is 19.7 Å². The first-order valence-electron chi connectivity index (χ1n) is 11.0. The quantitative estimate of drug-likeness (QED) is 0.470. The summed E-state index contributed by atoms with van der Waals surface area (Å²) in [6.45, 7) is -0.00286. The Morgan fingerprint density at radius 2 is 1.50 bits per heavy atom. The average molecular weight is 495 g/mol. The van der Waals surface area contributed by atoms with E-state index in [1.165, 1.54) is 55.5 Å². The van der Waals surface area contributed by atoms with Gasteiger partial charge in [0.2, 0.25) is 5.91 Å². The van der Waals surface area contributed by atoms with Gasteiger partial charge in [0.1, 0.15) is 17.7 Å². The normalized spacial score (nSPS) is 15.3. The molecule has 1 heterocycles. The predicted octanol–water partition coefficient (Wildman–Crippen LogP) is 4.35. The molecule has 8 nitrogen and oxygen atoms in total. The first kappa shape index (κ1) is 24.6. The van der Waals surface area contributed by atoms with Gasteiger partial charge in [0.15, 0.2) is 11.5 Å². The van der Waals surface area contributed by atoms with Crippen LogP contribution in [0, 0.1) is 11.6 Å². The highest BCUT2D eigenvalue weighted by molar-refractivity contribution is 6.22. The van der Waals surface area contributed by atoms with E-state index in [1.807, 2.05) is 0 Å². The van der Waals surface area contributed by atoms with Gasteiger partial charge in [0, 0.05) is 12.2 Å². The van der Waals surface area contributed by atoms with Crippen molar-refractivity contribution in [1.29, 1.82) is 0 Å². The van der Waals surface area contributed by atoms with E-state index in [9.17, 15) is 23.2 Å². The minimum absolute atomic E-state index is 0.00286. The summed E-state index contributed by atoms with van der Waals surface area (Å²) in [5.41, 5.74) is 1.17. The molecule has 1 aliphatic heterocycles. The molecule has 1 N–H and O–H groups in total. The van der Waals surface area contributed by atoms with Crippen molar-refractivity contribution in [2.45, 2.75) is 19.0 Å². The van der Waals surface area contributed by atoms with Crippen molar-refractivity contribution in [3.63, 3.8) is 0 Å². The molecule has 4 rings (SSSR count). The van der Waals surface area contributed by atoms with Crippen molar-refractivity contribution in [3.05, 3.63) is 83.9 Å². The van der Waals surface area contributed by atoms with Crippen LogP contribution in [-0.2, 0) is 16.1 Å². The first-order chi connectivity index (χ1) is 17.3. The van der Waals surface area contributed by atoms with Gasteiger partial charge in [-0.05, 0) is 66.2 Å². The summed E-state index contributed by atoms with van der Waals surface area (Å²) in [7, 11) is 2.97. The molecule has 36 heavy (non-hydrogen) atoms. The van der Waals surface area contributed by atoms with E-state index in [0.29, 0.717) is 22.7 Å². The number of ether oxygens (including phenoxy) is 2. The van der Waals surface area contributed by atoms with E-state index in [2.05, 4.69) is 5.32 Å². The zero-order valence-electron chi connectivity index (χ0n) is 19.5. The molecule has 1 fully saturated rings. The zero-order chi connectivity index (χ0) is 25.8. The number of anilines is 2. The van der Waals surface area contributed by atoms with Gasteiger partial charge in [0.05, 0.1) is 26.3 Å². The number of nitrogens with zero attached hydrogens (tertiary/aromatic N) is 2. The van der Waals surface area contributed by atoms with Gasteiger partial charge in [-0.25, -0.2) is 18.5 Å². The van der Waals surface area contributed by atoms with Gasteiger partial charge in [-0.2, -0.15) is 0 Å².